The molecule has 2 aromatic rings. The molecule has 0 aliphatic heterocycles. The number of pyridine rings is 1. The minimum absolute atomic E-state index is 0.0271. The van der Waals surface area contributed by atoms with Gasteiger partial charge in [-0.05, 0) is 51.2 Å². The summed E-state index contributed by atoms with van der Waals surface area (Å²) in [7, 11) is 1.00. The fraction of sp³-hybridized carbons (Fsp3) is 0.444. The highest BCUT2D eigenvalue weighted by Gasteiger charge is 2.39. The molecule has 40 heavy (non-hydrogen) atoms. The van der Waals surface area contributed by atoms with Gasteiger partial charge in [-0.15, -0.1) is 0 Å². The summed E-state index contributed by atoms with van der Waals surface area (Å²) in [5.74, 6) is -2.26. The van der Waals surface area contributed by atoms with E-state index in [-0.39, 0.29) is 35.6 Å². The molecule has 2 rings (SSSR count). The molecule has 0 bridgehead atoms. The number of allylic oxidation sites excluding steroid dienone is 5. The lowest BCUT2D eigenvalue weighted by Gasteiger charge is -2.12. The zero-order chi connectivity index (χ0) is 30.5. The first-order valence-electron chi connectivity index (χ1n) is 12.4. The Balaban J connectivity index is 0.00000391. The number of anilines is 1. The third kappa shape index (κ3) is 10.9. The van der Waals surface area contributed by atoms with Crippen LogP contribution >= 0.6 is 0 Å². The number of carboxylic acid groups (broad SMARTS) is 1. The molecule has 0 aliphatic carbocycles. The Bertz CT molecular complexity index is 1180. The second kappa shape index (κ2) is 15.8. The highest BCUT2D eigenvalue weighted by Crippen LogP contribution is 2.36. The van der Waals surface area contributed by atoms with Gasteiger partial charge in [0.2, 0.25) is 5.82 Å². The van der Waals surface area contributed by atoms with Gasteiger partial charge in [0.15, 0.2) is 0 Å². The second-order valence-corrected chi connectivity index (χ2v) is 8.56. The number of aromatic nitrogens is 3. The summed E-state index contributed by atoms with van der Waals surface area (Å²) in [6, 6.07) is 2.78. The summed E-state index contributed by atoms with van der Waals surface area (Å²) in [5, 5.41) is 15.7. The number of halogens is 6. The van der Waals surface area contributed by atoms with Crippen LogP contribution in [0.25, 0.3) is 17.5 Å². The number of rotatable bonds is 12. The Morgan fingerprint density at radius 3 is 2.27 bits per heavy atom. The lowest BCUT2D eigenvalue weighted by molar-refractivity contribution is -0.145. The van der Waals surface area contributed by atoms with E-state index in [2.05, 4.69) is 9.97 Å². The van der Waals surface area contributed by atoms with E-state index in [0.717, 1.165) is 24.0 Å². The number of unbranched alkanes of at least 4 members (excludes halogenated alkanes) is 2. The van der Waals surface area contributed by atoms with Gasteiger partial charge in [0.1, 0.15) is 5.82 Å². The molecule has 0 saturated carbocycles. The maximum Gasteiger partial charge on any atom is 0.450 e. The topological polar surface area (TPSA) is 114 Å². The van der Waals surface area contributed by atoms with Crippen molar-refractivity contribution in [2.45, 2.75) is 71.1 Å². The fourth-order valence-corrected chi connectivity index (χ4v) is 3.71. The fourth-order valence-electron chi connectivity index (χ4n) is 3.71. The zero-order valence-corrected chi connectivity index (χ0v) is 22.5. The number of alkyl halides is 6. The van der Waals surface area contributed by atoms with Gasteiger partial charge in [-0.1, -0.05) is 31.2 Å². The van der Waals surface area contributed by atoms with Crippen molar-refractivity contribution in [3.05, 3.63) is 59.2 Å². The third-order valence-electron chi connectivity index (χ3n) is 5.42. The van der Waals surface area contributed by atoms with Crippen LogP contribution in [0.4, 0.5) is 32.2 Å². The largest absolute Gasteiger partial charge is 0.481 e. The van der Waals surface area contributed by atoms with Crippen LogP contribution in [0, 0.1) is 6.92 Å². The average molecular weight is 577 g/mol. The number of aliphatic hydroxyl groups excluding tert-OH is 1. The molecule has 0 radical (unpaired) electrons. The molecule has 0 fully saturated rings. The molecular weight excluding hydrogens is 542 g/mol. The minimum atomic E-state index is -4.91. The number of hydrogen-bond acceptors (Lipinski definition) is 5. The summed E-state index contributed by atoms with van der Waals surface area (Å²) in [5.41, 5.74) is 5.22. The van der Waals surface area contributed by atoms with Gasteiger partial charge in [-0.3, -0.25) is 9.36 Å². The molecule has 0 aromatic carbocycles. The van der Waals surface area contributed by atoms with Crippen LogP contribution in [-0.2, 0) is 17.4 Å². The molecule has 0 aliphatic rings. The number of aliphatic hydroxyl groups is 1. The first-order valence-corrected chi connectivity index (χ1v) is 12.4. The zero-order valence-electron chi connectivity index (χ0n) is 22.5. The molecule has 7 nitrogen and oxygen atoms in total. The molecule has 0 unspecified atom stereocenters. The van der Waals surface area contributed by atoms with E-state index in [4.69, 9.17) is 15.9 Å². The molecule has 2 heterocycles. The molecule has 0 atom stereocenters. The maximum absolute atomic E-state index is 14.0. The smallest absolute Gasteiger partial charge is 0.450 e. The van der Waals surface area contributed by atoms with Crippen molar-refractivity contribution in [1.82, 2.24) is 14.5 Å². The van der Waals surface area contributed by atoms with Crippen molar-refractivity contribution in [2.75, 3.05) is 12.8 Å². The SMILES string of the molecule is CC/C=C\C/C(=C\Cc1c(-c2cc(C)nc(N)c2)nc(C(F)(F)F)n1/C=C/CCCCC(=O)O)C(F)(F)F.CO. The quantitative estimate of drug-likeness (QED) is 0.143. The second-order valence-electron chi connectivity index (χ2n) is 8.56. The van der Waals surface area contributed by atoms with Crippen molar-refractivity contribution in [3.8, 4) is 11.3 Å². The maximum atomic E-state index is 14.0. The predicted molar refractivity (Wildman–Crippen MR) is 141 cm³/mol. The summed E-state index contributed by atoms with van der Waals surface area (Å²) < 4.78 is 83.8. The lowest BCUT2D eigenvalue weighted by atomic mass is 10.1. The van der Waals surface area contributed by atoms with Gasteiger partial charge in [0.05, 0.1) is 11.4 Å². The Kier molecular flexibility index (Phi) is 13.6. The van der Waals surface area contributed by atoms with E-state index < -0.39 is 42.6 Å². The van der Waals surface area contributed by atoms with Crippen LogP contribution in [-0.4, -0.2) is 44.0 Å². The number of carbonyl (C=O) groups is 1. The molecule has 222 valence electrons. The van der Waals surface area contributed by atoms with Crippen LogP contribution in [0.5, 0.6) is 0 Å². The van der Waals surface area contributed by atoms with E-state index in [9.17, 15) is 31.1 Å². The number of nitrogens with zero attached hydrogens (tertiary/aromatic N) is 3. The predicted octanol–water partition coefficient (Wildman–Crippen LogP) is 6.97. The number of aliphatic carboxylic acids is 1. The van der Waals surface area contributed by atoms with Gasteiger partial charge in [0, 0.05) is 43.0 Å². The normalized spacial score (nSPS) is 12.7. The first-order chi connectivity index (χ1) is 18.7. The Morgan fingerprint density at radius 2 is 1.73 bits per heavy atom. The summed E-state index contributed by atoms with van der Waals surface area (Å²) >= 11 is 0. The Labute approximate surface area is 228 Å². The average Bonchev–Trinajstić information content (AvgIpc) is 3.22. The van der Waals surface area contributed by atoms with E-state index >= 15 is 0 Å². The molecule has 0 amide bonds. The summed E-state index contributed by atoms with van der Waals surface area (Å²) in [6.45, 7) is 3.35. The molecule has 0 spiro atoms. The monoisotopic (exact) mass is 576 g/mol. The van der Waals surface area contributed by atoms with Crippen LogP contribution in [0.2, 0.25) is 0 Å². The number of nitrogen functional groups attached to an aromatic ring is 1. The van der Waals surface area contributed by atoms with Gasteiger partial charge < -0.3 is 15.9 Å². The van der Waals surface area contributed by atoms with E-state index in [0.29, 0.717) is 25.0 Å². The highest BCUT2D eigenvalue weighted by molar-refractivity contribution is 5.67. The van der Waals surface area contributed by atoms with Crippen LogP contribution < -0.4 is 5.73 Å². The standard InChI is InChI=1S/C26H30F6N4O2.CH4O/c1-3-4-7-10-19(25(27,28)29)12-13-20-23(18-15-17(2)34-21(33)16-18)35-24(26(30,31)32)36(20)14-9-6-5-8-11-22(37)38;1-2/h4,7,9,12,14-16H,3,5-6,8,10-11,13H2,1-2H3,(H2,33,34)(H,37,38);2H,1H3/b7-4-,14-9+,19-12+;. The van der Waals surface area contributed by atoms with E-state index in [1.807, 2.05) is 0 Å². The minimum Gasteiger partial charge on any atom is -0.481 e. The van der Waals surface area contributed by atoms with Crippen molar-refractivity contribution >= 4 is 18.0 Å². The van der Waals surface area contributed by atoms with Gasteiger partial charge in [-0.2, -0.15) is 26.3 Å². The first kappa shape index (κ1) is 34.4. The number of hydrogen-bond donors (Lipinski definition) is 3. The van der Waals surface area contributed by atoms with Crippen molar-refractivity contribution in [3.63, 3.8) is 0 Å². The summed E-state index contributed by atoms with van der Waals surface area (Å²) in [4.78, 5) is 18.5. The van der Waals surface area contributed by atoms with Crippen molar-refractivity contribution in [1.29, 1.82) is 0 Å². The molecule has 13 heteroatoms. The van der Waals surface area contributed by atoms with E-state index in [1.54, 1.807) is 19.9 Å². The number of imidazole rings is 1. The number of carboxylic acids is 1. The molecule has 2 aromatic heterocycles. The van der Waals surface area contributed by atoms with Crippen LogP contribution in [0.1, 0.15) is 62.7 Å². The summed E-state index contributed by atoms with van der Waals surface area (Å²) in [6.07, 6.45) is -2.70. The van der Waals surface area contributed by atoms with Gasteiger partial charge >= 0.3 is 18.3 Å². The number of aryl methyl sites for hydroxylation is 1. The Morgan fingerprint density at radius 1 is 1.05 bits per heavy atom. The van der Waals surface area contributed by atoms with E-state index in [1.165, 1.54) is 24.3 Å². The van der Waals surface area contributed by atoms with Gasteiger partial charge in [0.25, 0.3) is 0 Å². The van der Waals surface area contributed by atoms with Crippen LogP contribution in [0.15, 0.2) is 42.0 Å². The van der Waals surface area contributed by atoms with Crippen molar-refractivity contribution in [2.24, 2.45) is 0 Å². The molecule has 4 N–H and O–H groups in total. The highest BCUT2D eigenvalue weighted by atomic mass is 19.4. The number of nitrogens with two attached hydrogens (primary N) is 1. The third-order valence-corrected chi connectivity index (χ3v) is 5.42. The molecule has 0 saturated heterocycles. The van der Waals surface area contributed by atoms with Gasteiger partial charge in [-0.25, -0.2) is 9.97 Å². The Hall–Kier alpha value is -3.61. The van der Waals surface area contributed by atoms with Crippen molar-refractivity contribution < 1.29 is 41.4 Å². The molecular formula is C27H34F6N4O3. The lowest BCUT2D eigenvalue weighted by Crippen LogP contribution is -2.14. The van der Waals surface area contributed by atoms with Crippen LogP contribution in [0.3, 0.4) is 0 Å².